The maximum absolute atomic E-state index is 12.2. The summed E-state index contributed by atoms with van der Waals surface area (Å²) < 4.78 is 25.9. The number of hydrogen-bond acceptors (Lipinski definition) is 3. The van der Waals surface area contributed by atoms with E-state index in [1.54, 1.807) is 6.92 Å². The molecule has 0 spiro atoms. The van der Waals surface area contributed by atoms with E-state index < -0.39 is 10.0 Å². The minimum atomic E-state index is -3.24. The Bertz CT molecular complexity index is 477. The van der Waals surface area contributed by atoms with Crippen LogP contribution < -0.4 is 9.62 Å². The van der Waals surface area contributed by atoms with E-state index in [-0.39, 0.29) is 5.75 Å². The average molecular weight is 270 g/mol. The SMILES string of the molecule is CCS(=O)(=O)N(CCNC)c1c(C)cccc1C. The first-order valence-electron chi connectivity index (χ1n) is 6.15. The highest BCUT2D eigenvalue weighted by molar-refractivity contribution is 7.92. The Morgan fingerprint density at radius 2 is 1.78 bits per heavy atom. The van der Waals surface area contributed by atoms with E-state index in [4.69, 9.17) is 0 Å². The summed E-state index contributed by atoms with van der Waals surface area (Å²) in [5.74, 6) is 0.116. The highest BCUT2D eigenvalue weighted by Crippen LogP contribution is 2.26. The fourth-order valence-electron chi connectivity index (χ4n) is 1.96. The van der Waals surface area contributed by atoms with Crippen LogP contribution in [-0.4, -0.2) is 34.3 Å². The number of nitrogens with zero attached hydrogens (tertiary/aromatic N) is 1. The van der Waals surface area contributed by atoms with Gasteiger partial charge in [0, 0.05) is 13.1 Å². The van der Waals surface area contributed by atoms with Gasteiger partial charge in [-0.15, -0.1) is 0 Å². The zero-order valence-corrected chi connectivity index (χ0v) is 12.3. The molecule has 1 N–H and O–H groups in total. The Morgan fingerprint density at radius 3 is 2.22 bits per heavy atom. The van der Waals surface area contributed by atoms with E-state index >= 15 is 0 Å². The molecule has 1 aromatic rings. The van der Waals surface area contributed by atoms with Crippen molar-refractivity contribution in [1.29, 1.82) is 0 Å². The van der Waals surface area contributed by atoms with Crippen LogP contribution in [-0.2, 0) is 10.0 Å². The topological polar surface area (TPSA) is 49.4 Å². The van der Waals surface area contributed by atoms with Crippen LogP contribution in [0, 0.1) is 13.8 Å². The van der Waals surface area contributed by atoms with Crippen LogP contribution in [0.3, 0.4) is 0 Å². The molecular weight excluding hydrogens is 248 g/mol. The third-order valence-electron chi connectivity index (χ3n) is 2.95. The largest absolute Gasteiger partial charge is 0.318 e. The van der Waals surface area contributed by atoms with Gasteiger partial charge in [-0.25, -0.2) is 8.42 Å². The molecule has 4 nitrogen and oxygen atoms in total. The van der Waals surface area contributed by atoms with E-state index in [0.717, 1.165) is 16.8 Å². The highest BCUT2D eigenvalue weighted by Gasteiger charge is 2.22. The van der Waals surface area contributed by atoms with Gasteiger partial charge in [0.25, 0.3) is 0 Å². The molecule has 0 fully saturated rings. The van der Waals surface area contributed by atoms with Gasteiger partial charge in [-0.2, -0.15) is 0 Å². The second kappa shape index (κ2) is 6.20. The van der Waals surface area contributed by atoms with Crippen molar-refractivity contribution in [3.8, 4) is 0 Å². The van der Waals surface area contributed by atoms with Gasteiger partial charge < -0.3 is 5.32 Å². The van der Waals surface area contributed by atoms with Crippen molar-refractivity contribution >= 4 is 15.7 Å². The van der Waals surface area contributed by atoms with Gasteiger partial charge in [-0.3, -0.25) is 4.31 Å². The Morgan fingerprint density at radius 1 is 1.22 bits per heavy atom. The Hall–Kier alpha value is -1.07. The molecule has 0 saturated carbocycles. The molecule has 18 heavy (non-hydrogen) atoms. The first-order valence-corrected chi connectivity index (χ1v) is 7.76. The molecule has 0 bridgehead atoms. The van der Waals surface area contributed by atoms with Crippen molar-refractivity contribution in [2.75, 3.05) is 30.2 Å². The lowest BCUT2D eigenvalue weighted by atomic mass is 10.1. The maximum atomic E-state index is 12.2. The van der Waals surface area contributed by atoms with Crippen LogP contribution in [0.4, 0.5) is 5.69 Å². The molecule has 1 rings (SSSR count). The van der Waals surface area contributed by atoms with Crippen LogP contribution in [0.15, 0.2) is 18.2 Å². The number of nitrogens with one attached hydrogen (secondary N) is 1. The van der Waals surface area contributed by atoms with Gasteiger partial charge in [-0.05, 0) is 38.9 Å². The Kier molecular flexibility index (Phi) is 5.16. The number of para-hydroxylation sites is 1. The summed E-state index contributed by atoms with van der Waals surface area (Å²) in [5.41, 5.74) is 2.79. The minimum absolute atomic E-state index is 0.116. The monoisotopic (exact) mass is 270 g/mol. The van der Waals surface area contributed by atoms with Crippen molar-refractivity contribution in [1.82, 2.24) is 5.32 Å². The number of anilines is 1. The zero-order chi connectivity index (χ0) is 13.8. The van der Waals surface area contributed by atoms with Crippen LogP contribution >= 0.6 is 0 Å². The van der Waals surface area contributed by atoms with E-state index in [0.29, 0.717) is 13.1 Å². The molecule has 0 aliphatic heterocycles. The molecule has 102 valence electrons. The number of sulfonamides is 1. The van der Waals surface area contributed by atoms with Gasteiger partial charge in [0.1, 0.15) is 0 Å². The molecule has 0 amide bonds. The average Bonchev–Trinajstić information content (AvgIpc) is 2.32. The lowest BCUT2D eigenvalue weighted by molar-refractivity contribution is 0.590. The summed E-state index contributed by atoms with van der Waals surface area (Å²) >= 11 is 0. The van der Waals surface area contributed by atoms with Crippen molar-refractivity contribution in [2.45, 2.75) is 20.8 Å². The minimum Gasteiger partial charge on any atom is -0.318 e. The van der Waals surface area contributed by atoms with Gasteiger partial charge in [-0.1, -0.05) is 18.2 Å². The summed E-state index contributed by atoms with van der Waals surface area (Å²) in [4.78, 5) is 0. The molecule has 0 aliphatic carbocycles. The van der Waals surface area contributed by atoms with E-state index in [9.17, 15) is 8.42 Å². The van der Waals surface area contributed by atoms with Gasteiger partial charge in [0.05, 0.1) is 11.4 Å². The van der Waals surface area contributed by atoms with E-state index in [2.05, 4.69) is 5.32 Å². The van der Waals surface area contributed by atoms with Gasteiger partial charge >= 0.3 is 0 Å². The summed E-state index contributed by atoms with van der Waals surface area (Å²) in [7, 11) is -1.42. The van der Waals surface area contributed by atoms with Crippen molar-refractivity contribution in [3.05, 3.63) is 29.3 Å². The van der Waals surface area contributed by atoms with Crippen LogP contribution in [0.1, 0.15) is 18.1 Å². The Balaban J connectivity index is 3.26. The summed E-state index contributed by atoms with van der Waals surface area (Å²) in [6, 6.07) is 5.84. The lowest BCUT2D eigenvalue weighted by Crippen LogP contribution is -2.38. The lowest BCUT2D eigenvalue weighted by Gasteiger charge is -2.27. The van der Waals surface area contributed by atoms with Crippen molar-refractivity contribution < 1.29 is 8.42 Å². The first-order chi connectivity index (χ1) is 8.44. The molecule has 0 heterocycles. The zero-order valence-electron chi connectivity index (χ0n) is 11.5. The quantitative estimate of drug-likeness (QED) is 0.855. The normalized spacial score (nSPS) is 11.6. The summed E-state index contributed by atoms with van der Waals surface area (Å²) in [6.45, 7) is 6.65. The third kappa shape index (κ3) is 3.23. The van der Waals surface area contributed by atoms with Gasteiger partial charge in [0.2, 0.25) is 10.0 Å². The van der Waals surface area contributed by atoms with Gasteiger partial charge in [0.15, 0.2) is 0 Å². The van der Waals surface area contributed by atoms with Crippen LogP contribution in [0.2, 0.25) is 0 Å². The summed E-state index contributed by atoms with van der Waals surface area (Å²) in [6.07, 6.45) is 0. The number of aryl methyl sites for hydroxylation is 2. The maximum Gasteiger partial charge on any atom is 0.234 e. The molecule has 0 atom stereocenters. The van der Waals surface area contributed by atoms with Crippen LogP contribution in [0.5, 0.6) is 0 Å². The Labute approximate surface area is 110 Å². The van der Waals surface area contributed by atoms with Crippen molar-refractivity contribution in [2.24, 2.45) is 0 Å². The molecule has 0 aliphatic rings. The van der Waals surface area contributed by atoms with E-state index in [1.165, 1.54) is 4.31 Å². The molecule has 5 heteroatoms. The fraction of sp³-hybridized carbons (Fsp3) is 0.538. The fourth-order valence-corrected chi connectivity index (χ4v) is 3.21. The van der Waals surface area contributed by atoms with Crippen molar-refractivity contribution in [3.63, 3.8) is 0 Å². The summed E-state index contributed by atoms with van der Waals surface area (Å²) in [5, 5.41) is 3.00. The number of hydrogen-bond donors (Lipinski definition) is 1. The number of benzene rings is 1. The molecule has 0 saturated heterocycles. The predicted molar refractivity (Wildman–Crippen MR) is 76.6 cm³/mol. The van der Waals surface area contributed by atoms with Crippen LogP contribution in [0.25, 0.3) is 0 Å². The second-order valence-electron chi connectivity index (χ2n) is 4.32. The molecule has 0 radical (unpaired) electrons. The molecule has 0 unspecified atom stereocenters. The molecule has 1 aromatic carbocycles. The smallest absolute Gasteiger partial charge is 0.234 e. The predicted octanol–water partition coefficient (Wildman–Crippen LogP) is 1.68. The van der Waals surface area contributed by atoms with E-state index in [1.807, 2.05) is 39.1 Å². The first kappa shape index (κ1) is 15.0. The third-order valence-corrected chi connectivity index (χ3v) is 4.72. The highest BCUT2D eigenvalue weighted by atomic mass is 32.2. The molecule has 0 aromatic heterocycles. The second-order valence-corrected chi connectivity index (χ2v) is 6.50. The molecular formula is C13H22N2O2S. The standard InChI is InChI=1S/C13H22N2O2S/c1-5-18(16,17)15(10-9-14-4)13-11(2)7-6-8-12(13)3/h6-8,14H,5,9-10H2,1-4H3. The number of likely N-dealkylation sites (N-methyl/N-ethyl adjacent to an activating group) is 1. The number of rotatable bonds is 6.